The fourth-order valence-corrected chi connectivity index (χ4v) is 3.84. The van der Waals surface area contributed by atoms with Crippen molar-refractivity contribution < 1.29 is 9.53 Å². The maximum atomic E-state index is 12.9. The van der Waals surface area contributed by atoms with E-state index < -0.39 is 0 Å². The molecule has 0 aromatic carbocycles. The molecule has 1 saturated heterocycles. The van der Waals surface area contributed by atoms with E-state index in [1.165, 1.54) is 6.42 Å². The van der Waals surface area contributed by atoms with E-state index in [-0.39, 0.29) is 17.1 Å². The molecular formula is C16H29NO2. The number of nitrogens with zero attached hydrogens (tertiary/aromatic N) is 1. The normalized spacial score (nSPS) is 26.5. The maximum absolute atomic E-state index is 12.9. The standard InChI is InChI=1S/C16H29NO2/c1-5-17(6-2)15(3,4)14(18)13-8-11-19-16(12-13)9-7-10-16/h13H,5-12H2,1-4H3. The van der Waals surface area contributed by atoms with Gasteiger partial charge >= 0.3 is 0 Å². The quantitative estimate of drug-likeness (QED) is 0.767. The molecule has 2 fully saturated rings. The summed E-state index contributed by atoms with van der Waals surface area (Å²) in [4.78, 5) is 15.2. The van der Waals surface area contributed by atoms with E-state index in [9.17, 15) is 4.79 Å². The number of ether oxygens (including phenoxy) is 1. The van der Waals surface area contributed by atoms with Crippen LogP contribution >= 0.6 is 0 Å². The minimum Gasteiger partial charge on any atom is -0.375 e. The highest BCUT2D eigenvalue weighted by Gasteiger charge is 2.47. The molecule has 3 nitrogen and oxygen atoms in total. The number of hydrogen-bond donors (Lipinski definition) is 0. The monoisotopic (exact) mass is 267 g/mol. The Balaban J connectivity index is 2.05. The van der Waals surface area contributed by atoms with E-state index in [1.54, 1.807) is 0 Å². The van der Waals surface area contributed by atoms with Crippen LogP contribution in [0.2, 0.25) is 0 Å². The minimum atomic E-state index is -0.337. The van der Waals surface area contributed by atoms with Crippen molar-refractivity contribution in [2.45, 2.75) is 70.9 Å². The molecule has 19 heavy (non-hydrogen) atoms. The zero-order valence-corrected chi connectivity index (χ0v) is 13.0. The molecule has 2 aliphatic rings. The number of carbonyl (C=O) groups is 1. The van der Waals surface area contributed by atoms with E-state index in [0.717, 1.165) is 45.4 Å². The lowest BCUT2D eigenvalue weighted by Crippen LogP contribution is -2.55. The summed E-state index contributed by atoms with van der Waals surface area (Å²) in [5, 5.41) is 0. The summed E-state index contributed by atoms with van der Waals surface area (Å²) in [7, 11) is 0. The number of Topliss-reactive ketones (excluding diaryl/α,β-unsaturated/α-hetero) is 1. The van der Waals surface area contributed by atoms with E-state index in [4.69, 9.17) is 4.74 Å². The van der Waals surface area contributed by atoms with Gasteiger partial charge in [-0.2, -0.15) is 0 Å². The molecule has 1 spiro atoms. The minimum absolute atomic E-state index is 0.0674. The van der Waals surface area contributed by atoms with Crippen LogP contribution in [0.5, 0.6) is 0 Å². The van der Waals surface area contributed by atoms with Gasteiger partial charge in [-0.15, -0.1) is 0 Å². The summed E-state index contributed by atoms with van der Waals surface area (Å²) in [5.74, 6) is 0.621. The molecule has 0 aromatic rings. The lowest BCUT2D eigenvalue weighted by molar-refractivity contribution is -0.161. The van der Waals surface area contributed by atoms with Gasteiger partial charge in [-0.25, -0.2) is 0 Å². The SMILES string of the molecule is CCN(CC)C(C)(C)C(=O)C1CCOC2(CCC2)C1. The van der Waals surface area contributed by atoms with Crippen molar-refractivity contribution in [2.24, 2.45) is 5.92 Å². The lowest BCUT2D eigenvalue weighted by Gasteiger charge is -2.48. The van der Waals surface area contributed by atoms with Crippen molar-refractivity contribution >= 4 is 5.78 Å². The predicted octanol–water partition coefficient (Wildman–Crippen LogP) is 3.03. The number of rotatable bonds is 5. The third-order valence-corrected chi connectivity index (χ3v) is 5.29. The van der Waals surface area contributed by atoms with Gasteiger partial charge in [0.05, 0.1) is 11.1 Å². The Bertz CT molecular complexity index is 330. The van der Waals surface area contributed by atoms with Crippen molar-refractivity contribution in [2.75, 3.05) is 19.7 Å². The van der Waals surface area contributed by atoms with Crippen molar-refractivity contribution in [3.8, 4) is 0 Å². The van der Waals surface area contributed by atoms with Gasteiger partial charge in [-0.3, -0.25) is 9.69 Å². The average molecular weight is 267 g/mol. The number of hydrogen-bond acceptors (Lipinski definition) is 3. The van der Waals surface area contributed by atoms with E-state index >= 15 is 0 Å². The van der Waals surface area contributed by atoms with E-state index in [1.807, 2.05) is 0 Å². The zero-order chi connectivity index (χ0) is 14.1. The fourth-order valence-electron chi connectivity index (χ4n) is 3.84. The van der Waals surface area contributed by atoms with Crippen molar-refractivity contribution in [1.82, 2.24) is 4.90 Å². The second-order valence-corrected chi connectivity index (χ2v) is 6.67. The van der Waals surface area contributed by atoms with Crippen LogP contribution in [0.3, 0.4) is 0 Å². The molecule has 0 aromatic heterocycles. The number of ketones is 1. The largest absolute Gasteiger partial charge is 0.375 e. The zero-order valence-electron chi connectivity index (χ0n) is 13.0. The molecular weight excluding hydrogens is 238 g/mol. The molecule has 110 valence electrons. The Hall–Kier alpha value is -0.410. The van der Waals surface area contributed by atoms with Gasteiger partial charge in [0.1, 0.15) is 0 Å². The first-order valence-electron chi connectivity index (χ1n) is 7.88. The van der Waals surface area contributed by atoms with E-state index in [0.29, 0.717) is 5.78 Å². The summed E-state index contributed by atoms with van der Waals surface area (Å²) in [6.45, 7) is 11.1. The van der Waals surface area contributed by atoms with Crippen LogP contribution < -0.4 is 0 Å². The van der Waals surface area contributed by atoms with E-state index in [2.05, 4.69) is 32.6 Å². The Morgan fingerprint density at radius 3 is 2.42 bits per heavy atom. The lowest BCUT2D eigenvalue weighted by atomic mass is 9.69. The number of likely N-dealkylation sites (N-methyl/N-ethyl adjacent to an activating group) is 1. The molecule has 0 amide bonds. The molecule has 0 bridgehead atoms. The summed E-state index contributed by atoms with van der Waals surface area (Å²) < 4.78 is 5.94. The van der Waals surface area contributed by atoms with Gasteiger partial charge in [-0.05, 0) is 59.0 Å². The molecule has 1 unspecified atom stereocenters. The Kier molecular flexibility index (Phi) is 4.36. The summed E-state index contributed by atoms with van der Waals surface area (Å²) in [6, 6.07) is 0. The maximum Gasteiger partial charge on any atom is 0.155 e. The van der Waals surface area contributed by atoms with Gasteiger partial charge in [0.2, 0.25) is 0 Å². The predicted molar refractivity (Wildman–Crippen MR) is 77.3 cm³/mol. The highest BCUT2D eigenvalue weighted by molar-refractivity contribution is 5.89. The van der Waals surface area contributed by atoms with Crippen LogP contribution in [0.1, 0.15) is 59.8 Å². The molecule has 1 heterocycles. The number of carbonyl (C=O) groups excluding carboxylic acids is 1. The van der Waals surface area contributed by atoms with Gasteiger partial charge in [0, 0.05) is 12.5 Å². The van der Waals surface area contributed by atoms with Gasteiger partial charge in [-0.1, -0.05) is 13.8 Å². The van der Waals surface area contributed by atoms with Crippen LogP contribution in [0.25, 0.3) is 0 Å². The smallest absolute Gasteiger partial charge is 0.155 e. The first kappa shape index (κ1) is 15.0. The first-order valence-corrected chi connectivity index (χ1v) is 7.88. The molecule has 0 N–H and O–H groups in total. The molecule has 1 saturated carbocycles. The molecule has 2 rings (SSSR count). The Labute approximate surface area is 117 Å². The van der Waals surface area contributed by atoms with Gasteiger partial charge in [0.15, 0.2) is 5.78 Å². The van der Waals surface area contributed by atoms with Gasteiger partial charge < -0.3 is 4.74 Å². The summed E-state index contributed by atoms with van der Waals surface area (Å²) in [6.07, 6.45) is 5.44. The van der Waals surface area contributed by atoms with Crippen LogP contribution in [-0.4, -0.2) is 41.5 Å². The third-order valence-electron chi connectivity index (χ3n) is 5.29. The molecule has 1 aliphatic carbocycles. The molecule has 1 aliphatic heterocycles. The molecule has 3 heteroatoms. The molecule has 0 radical (unpaired) electrons. The topological polar surface area (TPSA) is 29.5 Å². The van der Waals surface area contributed by atoms with Crippen molar-refractivity contribution in [1.29, 1.82) is 0 Å². The van der Waals surface area contributed by atoms with Crippen molar-refractivity contribution in [3.63, 3.8) is 0 Å². The fraction of sp³-hybridized carbons (Fsp3) is 0.938. The highest BCUT2D eigenvalue weighted by Crippen LogP contribution is 2.45. The third kappa shape index (κ3) is 2.73. The van der Waals surface area contributed by atoms with Crippen LogP contribution in [0.4, 0.5) is 0 Å². The summed E-state index contributed by atoms with van der Waals surface area (Å²) >= 11 is 0. The second kappa shape index (κ2) is 5.53. The second-order valence-electron chi connectivity index (χ2n) is 6.67. The van der Waals surface area contributed by atoms with Crippen LogP contribution in [0.15, 0.2) is 0 Å². The Morgan fingerprint density at radius 1 is 1.32 bits per heavy atom. The first-order chi connectivity index (χ1) is 8.95. The Morgan fingerprint density at radius 2 is 1.95 bits per heavy atom. The van der Waals surface area contributed by atoms with Crippen LogP contribution in [-0.2, 0) is 9.53 Å². The van der Waals surface area contributed by atoms with Crippen LogP contribution in [0, 0.1) is 5.92 Å². The molecule has 1 atom stereocenters. The summed E-state index contributed by atoms with van der Waals surface area (Å²) in [5.41, 5.74) is -0.269. The average Bonchev–Trinajstić information content (AvgIpc) is 2.37. The van der Waals surface area contributed by atoms with Gasteiger partial charge in [0.25, 0.3) is 0 Å². The highest BCUT2D eigenvalue weighted by atomic mass is 16.5. The van der Waals surface area contributed by atoms with Crippen molar-refractivity contribution in [3.05, 3.63) is 0 Å².